The summed E-state index contributed by atoms with van der Waals surface area (Å²) in [5.41, 5.74) is 1.17. The highest BCUT2D eigenvalue weighted by atomic mass is 32.2. The molecule has 0 bridgehead atoms. The van der Waals surface area contributed by atoms with Crippen molar-refractivity contribution >= 4 is 16.0 Å². The van der Waals surface area contributed by atoms with E-state index >= 15 is 0 Å². The van der Waals surface area contributed by atoms with Crippen LogP contribution in [0, 0.1) is 13.8 Å². The second-order valence-electron chi connectivity index (χ2n) is 5.39. The zero-order valence-corrected chi connectivity index (χ0v) is 13.8. The Balaban J connectivity index is 3.16. The van der Waals surface area contributed by atoms with Crippen molar-refractivity contribution in [2.75, 3.05) is 20.6 Å². The predicted octanol–water partition coefficient (Wildman–Crippen LogP) is 1.23. The molecule has 0 saturated carbocycles. The zero-order valence-electron chi connectivity index (χ0n) is 13.0. The lowest BCUT2D eigenvalue weighted by atomic mass is 10.1. The van der Waals surface area contributed by atoms with Crippen LogP contribution < -0.4 is 4.72 Å². The number of rotatable bonds is 6. The van der Waals surface area contributed by atoms with Crippen molar-refractivity contribution < 1.29 is 18.3 Å². The van der Waals surface area contributed by atoms with Crippen molar-refractivity contribution in [3.05, 3.63) is 28.8 Å². The average molecular weight is 314 g/mol. The molecule has 0 fully saturated rings. The van der Waals surface area contributed by atoms with E-state index in [1.54, 1.807) is 13.8 Å². The van der Waals surface area contributed by atoms with Gasteiger partial charge >= 0.3 is 5.97 Å². The fourth-order valence-electron chi connectivity index (χ4n) is 1.72. The van der Waals surface area contributed by atoms with Crippen LogP contribution in [0.4, 0.5) is 0 Å². The molecule has 0 saturated heterocycles. The van der Waals surface area contributed by atoms with Crippen LogP contribution in [0.15, 0.2) is 17.0 Å². The molecule has 7 heteroatoms. The molecule has 1 atom stereocenters. The van der Waals surface area contributed by atoms with Crippen LogP contribution in [0.2, 0.25) is 0 Å². The molecule has 6 nitrogen and oxygen atoms in total. The first-order valence-corrected chi connectivity index (χ1v) is 8.05. The van der Waals surface area contributed by atoms with Crippen LogP contribution in [-0.4, -0.2) is 51.1 Å². The summed E-state index contributed by atoms with van der Waals surface area (Å²) in [5, 5.41) is 9.06. The number of aromatic carboxylic acids is 1. The first kappa shape index (κ1) is 17.6. The molecule has 1 aromatic rings. The highest BCUT2D eigenvalue weighted by molar-refractivity contribution is 7.89. The van der Waals surface area contributed by atoms with Gasteiger partial charge in [0.05, 0.1) is 10.5 Å². The molecule has 1 rings (SSSR count). The molecule has 0 heterocycles. The molecule has 0 amide bonds. The van der Waals surface area contributed by atoms with E-state index in [0.29, 0.717) is 11.1 Å². The molecule has 0 spiro atoms. The Morgan fingerprint density at radius 3 is 2.38 bits per heavy atom. The highest BCUT2D eigenvalue weighted by Gasteiger charge is 2.21. The molecule has 21 heavy (non-hydrogen) atoms. The number of carbonyl (C=O) groups is 1. The van der Waals surface area contributed by atoms with Gasteiger partial charge in [0.15, 0.2) is 0 Å². The fourth-order valence-corrected chi connectivity index (χ4v) is 3.18. The number of hydrogen-bond donors (Lipinski definition) is 2. The minimum atomic E-state index is -3.74. The summed E-state index contributed by atoms with van der Waals surface area (Å²) in [7, 11) is -0.0170. The van der Waals surface area contributed by atoms with Gasteiger partial charge in [-0.25, -0.2) is 17.9 Å². The second-order valence-corrected chi connectivity index (χ2v) is 7.12. The number of carboxylic acid groups (broad SMARTS) is 1. The standard InChI is InChI=1S/C14H22N2O4S/c1-9-6-12(14(17)18)7-13(11(9)3)21(19,20)15-8-10(2)16(4)5/h6-7,10,15H,8H2,1-5H3,(H,17,18). The third-order valence-electron chi connectivity index (χ3n) is 3.61. The number of aryl methyl sites for hydroxylation is 1. The van der Waals surface area contributed by atoms with E-state index in [2.05, 4.69) is 4.72 Å². The summed E-state index contributed by atoms with van der Waals surface area (Å²) in [6, 6.07) is 2.70. The van der Waals surface area contributed by atoms with Gasteiger partial charge in [0, 0.05) is 12.6 Å². The second kappa shape index (κ2) is 6.55. The largest absolute Gasteiger partial charge is 0.478 e. The number of benzene rings is 1. The van der Waals surface area contributed by atoms with Crippen molar-refractivity contribution in [2.24, 2.45) is 0 Å². The van der Waals surface area contributed by atoms with Crippen LogP contribution >= 0.6 is 0 Å². The summed E-state index contributed by atoms with van der Waals surface area (Å²) < 4.78 is 27.3. The third kappa shape index (κ3) is 4.26. The number of sulfonamides is 1. The average Bonchev–Trinajstić information content (AvgIpc) is 2.38. The fraction of sp³-hybridized carbons (Fsp3) is 0.500. The van der Waals surface area contributed by atoms with E-state index in [1.807, 2.05) is 25.9 Å². The Labute approximate surface area is 125 Å². The topological polar surface area (TPSA) is 86.7 Å². The molecule has 2 N–H and O–H groups in total. The van der Waals surface area contributed by atoms with E-state index < -0.39 is 16.0 Å². The van der Waals surface area contributed by atoms with E-state index in [1.165, 1.54) is 12.1 Å². The normalized spacial score (nSPS) is 13.4. The van der Waals surface area contributed by atoms with E-state index in [4.69, 9.17) is 5.11 Å². The van der Waals surface area contributed by atoms with Crippen LogP contribution in [0.5, 0.6) is 0 Å². The van der Waals surface area contributed by atoms with E-state index in [-0.39, 0.29) is 23.0 Å². The predicted molar refractivity (Wildman–Crippen MR) is 81.2 cm³/mol. The summed E-state index contributed by atoms with van der Waals surface area (Å²) in [6.07, 6.45) is 0. The van der Waals surface area contributed by atoms with Crippen LogP contribution in [0.3, 0.4) is 0 Å². The smallest absolute Gasteiger partial charge is 0.335 e. The minimum absolute atomic E-state index is 0.0193. The lowest BCUT2D eigenvalue weighted by molar-refractivity contribution is 0.0696. The van der Waals surface area contributed by atoms with Crippen molar-refractivity contribution in [3.63, 3.8) is 0 Å². The van der Waals surface area contributed by atoms with Gasteiger partial charge in [-0.15, -0.1) is 0 Å². The van der Waals surface area contributed by atoms with Crippen molar-refractivity contribution in [1.82, 2.24) is 9.62 Å². The molecule has 0 aliphatic rings. The summed E-state index contributed by atoms with van der Waals surface area (Å²) in [4.78, 5) is 13.0. The molecule has 0 aliphatic heterocycles. The van der Waals surface area contributed by atoms with Crippen molar-refractivity contribution in [1.29, 1.82) is 0 Å². The summed E-state index contributed by atoms with van der Waals surface area (Å²) in [6.45, 7) is 5.52. The minimum Gasteiger partial charge on any atom is -0.478 e. The van der Waals surface area contributed by atoms with E-state index in [9.17, 15) is 13.2 Å². The number of nitrogens with zero attached hydrogens (tertiary/aromatic N) is 1. The molecule has 0 aliphatic carbocycles. The Kier molecular flexibility index (Phi) is 5.49. The Morgan fingerprint density at radius 2 is 1.90 bits per heavy atom. The highest BCUT2D eigenvalue weighted by Crippen LogP contribution is 2.21. The number of carboxylic acids is 1. The SMILES string of the molecule is Cc1cc(C(=O)O)cc(S(=O)(=O)NCC(C)N(C)C)c1C. The van der Waals surface area contributed by atoms with Crippen LogP contribution in [-0.2, 0) is 10.0 Å². The maximum absolute atomic E-state index is 12.4. The summed E-state index contributed by atoms with van der Waals surface area (Å²) in [5.74, 6) is -1.14. The first-order valence-electron chi connectivity index (χ1n) is 6.57. The van der Waals surface area contributed by atoms with Gasteiger partial charge in [0.1, 0.15) is 0 Å². The molecular formula is C14H22N2O4S. The number of nitrogens with one attached hydrogen (secondary N) is 1. The van der Waals surface area contributed by atoms with Gasteiger partial charge in [-0.05, 0) is 58.1 Å². The lowest BCUT2D eigenvalue weighted by Crippen LogP contribution is -2.38. The molecule has 0 radical (unpaired) electrons. The van der Waals surface area contributed by atoms with Gasteiger partial charge in [0.25, 0.3) is 0 Å². The quantitative estimate of drug-likeness (QED) is 0.825. The molecular weight excluding hydrogens is 292 g/mol. The van der Waals surface area contributed by atoms with Gasteiger partial charge < -0.3 is 10.0 Å². The lowest BCUT2D eigenvalue weighted by Gasteiger charge is -2.20. The van der Waals surface area contributed by atoms with Gasteiger partial charge in [-0.1, -0.05) is 0 Å². The van der Waals surface area contributed by atoms with Crippen molar-refractivity contribution in [3.8, 4) is 0 Å². The van der Waals surface area contributed by atoms with Gasteiger partial charge in [-0.2, -0.15) is 0 Å². The Hall–Kier alpha value is -1.44. The molecule has 118 valence electrons. The number of likely N-dealkylation sites (N-methyl/N-ethyl adjacent to an activating group) is 1. The maximum atomic E-state index is 12.4. The van der Waals surface area contributed by atoms with Crippen molar-refractivity contribution in [2.45, 2.75) is 31.7 Å². The van der Waals surface area contributed by atoms with Gasteiger partial charge in [-0.3, -0.25) is 0 Å². The zero-order chi connectivity index (χ0) is 16.4. The third-order valence-corrected chi connectivity index (χ3v) is 5.16. The van der Waals surface area contributed by atoms with Crippen LogP contribution in [0.25, 0.3) is 0 Å². The van der Waals surface area contributed by atoms with E-state index in [0.717, 1.165) is 0 Å². The number of hydrogen-bond acceptors (Lipinski definition) is 4. The Morgan fingerprint density at radius 1 is 1.33 bits per heavy atom. The molecule has 0 aromatic heterocycles. The molecule has 1 unspecified atom stereocenters. The Bertz CT molecular complexity index is 639. The monoisotopic (exact) mass is 314 g/mol. The van der Waals surface area contributed by atoms with Gasteiger partial charge in [0.2, 0.25) is 10.0 Å². The summed E-state index contributed by atoms with van der Waals surface area (Å²) >= 11 is 0. The maximum Gasteiger partial charge on any atom is 0.335 e. The van der Waals surface area contributed by atoms with Crippen LogP contribution in [0.1, 0.15) is 28.4 Å². The first-order chi connectivity index (χ1) is 9.56. The molecule has 1 aromatic carbocycles.